The predicted octanol–water partition coefficient (Wildman–Crippen LogP) is 2.15. The van der Waals surface area contributed by atoms with Gasteiger partial charge in [0.05, 0.1) is 6.26 Å². The second-order valence-corrected chi connectivity index (χ2v) is 3.95. The minimum absolute atomic E-state index is 0.0295. The zero-order valence-electron chi connectivity index (χ0n) is 8.40. The van der Waals surface area contributed by atoms with Crippen molar-refractivity contribution in [3.05, 3.63) is 24.2 Å². The van der Waals surface area contributed by atoms with Crippen molar-refractivity contribution in [2.75, 3.05) is 13.1 Å². The Hall–Kier alpha value is -1.25. The second-order valence-electron chi connectivity index (χ2n) is 3.95. The molecule has 1 aromatic rings. The molecule has 0 bridgehead atoms. The standard InChI is InChI=1S/C11H15NO2/c1-9-4-6-12(7-5-9)11(13)10-3-2-8-14-10/h2-3,8-9H,4-7H2,1H3. The number of furan rings is 1. The van der Waals surface area contributed by atoms with Gasteiger partial charge in [0.1, 0.15) is 0 Å². The summed E-state index contributed by atoms with van der Waals surface area (Å²) in [5, 5.41) is 0. The highest BCUT2D eigenvalue weighted by molar-refractivity contribution is 5.91. The van der Waals surface area contributed by atoms with Gasteiger partial charge < -0.3 is 9.32 Å². The molecule has 0 aromatic carbocycles. The van der Waals surface area contributed by atoms with E-state index in [4.69, 9.17) is 4.42 Å². The van der Waals surface area contributed by atoms with Gasteiger partial charge >= 0.3 is 0 Å². The molecule has 0 unspecified atom stereocenters. The van der Waals surface area contributed by atoms with Crippen LogP contribution in [0, 0.1) is 5.92 Å². The number of rotatable bonds is 1. The molecule has 1 amide bonds. The number of amides is 1. The van der Waals surface area contributed by atoms with Gasteiger partial charge in [0.2, 0.25) is 0 Å². The topological polar surface area (TPSA) is 33.5 Å². The molecule has 1 aromatic heterocycles. The van der Waals surface area contributed by atoms with Gasteiger partial charge in [-0.25, -0.2) is 0 Å². The molecule has 2 rings (SSSR count). The third-order valence-electron chi connectivity index (χ3n) is 2.80. The van der Waals surface area contributed by atoms with Crippen molar-refractivity contribution in [1.82, 2.24) is 4.90 Å². The molecule has 0 spiro atoms. The highest BCUT2D eigenvalue weighted by atomic mass is 16.3. The van der Waals surface area contributed by atoms with Crippen molar-refractivity contribution in [1.29, 1.82) is 0 Å². The predicted molar refractivity (Wildman–Crippen MR) is 53.0 cm³/mol. The lowest BCUT2D eigenvalue weighted by atomic mass is 9.99. The summed E-state index contributed by atoms with van der Waals surface area (Å²) in [5.74, 6) is 1.23. The van der Waals surface area contributed by atoms with Crippen molar-refractivity contribution in [2.24, 2.45) is 5.92 Å². The Morgan fingerprint density at radius 3 is 2.79 bits per heavy atom. The fourth-order valence-electron chi connectivity index (χ4n) is 1.77. The third-order valence-corrected chi connectivity index (χ3v) is 2.80. The van der Waals surface area contributed by atoms with Crippen LogP contribution >= 0.6 is 0 Å². The van der Waals surface area contributed by atoms with Crippen LogP contribution < -0.4 is 0 Å². The van der Waals surface area contributed by atoms with Gasteiger partial charge in [-0.3, -0.25) is 4.79 Å². The molecule has 1 aliphatic heterocycles. The van der Waals surface area contributed by atoms with Crippen LogP contribution in [0.3, 0.4) is 0 Å². The summed E-state index contributed by atoms with van der Waals surface area (Å²) in [5.41, 5.74) is 0. The molecule has 3 heteroatoms. The molecule has 3 nitrogen and oxygen atoms in total. The van der Waals surface area contributed by atoms with Crippen LogP contribution in [-0.4, -0.2) is 23.9 Å². The van der Waals surface area contributed by atoms with Crippen LogP contribution in [0.2, 0.25) is 0 Å². The zero-order chi connectivity index (χ0) is 9.97. The van der Waals surface area contributed by atoms with E-state index < -0.39 is 0 Å². The first-order valence-electron chi connectivity index (χ1n) is 5.10. The average Bonchev–Trinajstić information content (AvgIpc) is 2.71. The Balaban J connectivity index is 1.99. The molecule has 14 heavy (non-hydrogen) atoms. The summed E-state index contributed by atoms with van der Waals surface area (Å²) in [4.78, 5) is 13.7. The molecule has 1 fully saturated rings. The van der Waals surface area contributed by atoms with Crippen molar-refractivity contribution < 1.29 is 9.21 Å². The van der Waals surface area contributed by atoms with Gasteiger partial charge in [0, 0.05) is 13.1 Å². The smallest absolute Gasteiger partial charge is 0.289 e. The number of nitrogens with zero attached hydrogens (tertiary/aromatic N) is 1. The number of carbonyl (C=O) groups is 1. The first kappa shape index (κ1) is 9.31. The Bertz CT molecular complexity index is 297. The summed E-state index contributed by atoms with van der Waals surface area (Å²) in [7, 11) is 0. The first-order valence-corrected chi connectivity index (χ1v) is 5.10. The van der Waals surface area contributed by atoms with E-state index in [1.54, 1.807) is 18.4 Å². The van der Waals surface area contributed by atoms with E-state index >= 15 is 0 Å². The molecule has 0 N–H and O–H groups in total. The Morgan fingerprint density at radius 1 is 1.50 bits per heavy atom. The minimum Gasteiger partial charge on any atom is -0.459 e. The lowest BCUT2D eigenvalue weighted by Crippen LogP contribution is -2.37. The summed E-state index contributed by atoms with van der Waals surface area (Å²) >= 11 is 0. The first-order chi connectivity index (χ1) is 6.77. The number of piperidine rings is 1. The maximum atomic E-state index is 11.8. The van der Waals surface area contributed by atoms with Gasteiger partial charge in [0.15, 0.2) is 5.76 Å². The van der Waals surface area contributed by atoms with E-state index in [1.807, 2.05) is 4.90 Å². The van der Waals surface area contributed by atoms with Crippen LogP contribution in [0.15, 0.2) is 22.8 Å². The van der Waals surface area contributed by atoms with Gasteiger partial charge in [0.25, 0.3) is 5.91 Å². The van der Waals surface area contributed by atoms with E-state index in [0.29, 0.717) is 5.76 Å². The summed E-state index contributed by atoms with van der Waals surface area (Å²) in [6, 6.07) is 3.47. The molecule has 76 valence electrons. The molecule has 1 aliphatic rings. The zero-order valence-corrected chi connectivity index (χ0v) is 8.40. The lowest BCUT2D eigenvalue weighted by molar-refractivity contribution is 0.0665. The van der Waals surface area contributed by atoms with Crippen molar-refractivity contribution in [3.63, 3.8) is 0 Å². The number of hydrogen-bond acceptors (Lipinski definition) is 2. The monoisotopic (exact) mass is 193 g/mol. The van der Waals surface area contributed by atoms with Gasteiger partial charge in [-0.2, -0.15) is 0 Å². The van der Waals surface area contributed by atoms with Crippen LogP contribution in [0.25, 0.3) is 0 Å². The van der Waals surface area contributed by atoms with Crippen LogP contribution in [0.4, 0.5) is 0 Å². The molecular formula is C11H15NO2. The molecule has 1 saturated heterocycles. The minimum atomic E-state index is 0.0295. The summed E-state index contributed by atoms with van der Waals surface area (Å²) in [6.45, 7) is 3.95. The highest BCUT2D eigenvalue weighted by Gasteiger charge is 2.22. The summed E-state index contributed by atoms with van der Waals surface area (Å²) in [6.07, 6.45) is 3.75. The van der Waals surface area contributed by atoms with Crippen LogP contribution in [0.1, 0.15) is 30.3 Å². The normalized spacial score (nSPS) is 18.5. The van der Waals surface area contributed by atoms with E-state index in [0.717, 1.165) is 31.8 Å². The third kappa shape index (κ3) is 1.81. The van der Waals surface area contributed by atoms with Gasteiger partial charge in [-0.15, -0.1) is 0 Å². The number of hydrogen-bond donors (Lipinski definition) is 0. The van der Waals surface area contributed by atoms with E-state index in [-0.39, 0.29) is 5.91 Å². The van der Waals surface area contributed by atoms with E-state index in [9.17, 15) is 4.79 Å². The maximum absolute atomic E-state index is 11.8. The fourth-order valence-corrected chi connectivity index (χ4v) is 1.77. The summed E-state index contributed by atoms with van der Waals surface area (Å²) < 4.78 is 5.08. The van der Waals surface area contributed by atoms with Crippen LogP contribution in [0.5, 0.6) is 0 Å². The molecule has 0 radical (unpaired) electrons. The quantitative estimate of drug-likeness (QED) is 0.684. The lowest BCUT2D eigenvalue weighted by Gasteiger charge is -2.29. The highest BCUT2D eigenvalue weighted by Crippen LogP contribution is 2.18. The Morgan fingerprint density at radius 2 is 2.21 bits per heavy atom. The molecule has 0 aliphatic carbocycles. The molecule has 2 heterocycles. The maximum Gasteiger partial charge on any atom is 0.289 e. The van der Waals surface area contributed by atoms with E-state index in [1.165, 1.54) is 0 Å². The number of likely N-dealkylation sites (tertiary alicyclic amines) is 1. The van der Waals surface area contributed by atoms with Gasteiger partial charge in [-0.05, 0) is 30.9 Å². The van der Waals surface area contributed by atoms with Crippen molar-refractivity contribution >= 4 is 5.91 Å². The molecule has 0 saturated carbocycles. The van der Waals surface area contributed by atoms with Crippen molar-refractivity contribution in [2.45, 2.75) is 19.8 Å². The Kier molecular flexibility index (Phi) is 2.57. The number of carbonyl (C=O) groups excluding carboxylic acids is 1. The fraction of sp³-hybridized carbons (Fsp3) is 0.545. The van der Waals surface area contributed by atoms with Crippen LogP contribution in [-0.2, 0) is 0 Å². The second kappa shape index (κ2) is 3.86. The Labute approximate surface area is 83.7 Å². The molecule has 0 atom stereocenters. The van der Waals surface area contributed by atoms with E-state index in [2.05, 4.69) is 6.92 Å². The largest absolute Gasteiger partial charge is 0.459 e. The molecular weight excluding hydrogens is 178 g/mol. The van der Waals surface area contributed by atoms with Crippen molar-refractivity contribution in [3.8, 4) is 0 Å². The van der Waals surface area contributed by atoms with Gasteiger partial charge in [-0.1, -0.05) is 6.92 Å². The average molecular weight is 193 g/mol. The SMILES string of the molecule is CC1CCN(C(=O)c2ccco2)CC1.